The number of nitrogens with one attached hydrogen (secondary N) is 12. The van der Waals surface area contributed by atoms with Gasteiger partial charge in [-0.25, -0.2) is 54.6 Å². The number of aliphatic carboxylic acids is 2. The summed E-state index contributed by atoms with van der Waals surface area (Å²) >= 11 is 0. The van der Waals surface area contributed by atoms with Crippen LogP contribution >= 0.6 is 0 Å². The summed E-state index contributed by atoms with van der Waals surface area (Å²) in [5, 5.41) is 53.9. The van der Waals surface area contributed by atoms with Crippen molar-refractivity contribution in [3.05, 3.63) is 214 Å². The van der Waals surface area contributed by atoms with E-state index in [1.54, 1.807) is 97.1 Å². The second-order valence-corrected chi connectivity index (χ2v) is 22.6. The Balaban J connectivity index is 0.000000120. The molecule has 16 N–H and O–H groups in total. The zero-order valence-corrected chi connectivity index (χ0v) is 55.8. The number of imidazole rings is 5. The van der Waals surface area contributed by atoms with Gasteiger partial charge < -0.3 is 79.7 Å². The number of fused-ring (bicyclic) bond motifs is 5. The number of rotatable bonds is 16. The van der Waals surface area contributed by atoms with Crippen molar-refractivity contribution < 1.29 is 44.0 Å². The van der Waals surface area contributed by atoms with E-state index >= 15 is 0 Å². The molecule has 0 saturated carbocycles. The number of aromatic nitrogens is 26. The maximum Gasteiger partial charge on any atom is 0.439 e. The van der Waals surface area contributed by atoms with Gasteiger partial charge in [-0.2, -0.15) is 5.21 Å². The summed E-state index contributed by atoms with van der Waals surface area (Å²) < 4.78 is 15.7. The number of H-pyrrole nitrogens is 12. The molecule has 5 aromatic carbocycles. The van der Waals surface area contributed by atoms with Gasteiger partial charge in [0.05, 0.1) is 81.0 Å². The smallest absolute Gasteiger partial charge is 0.439 e. The fraction of sp³-hybridized carbons (Fsp3) is 0.104. The van der Waals surface area contributed by atoms with E-state index < -0.39 is 17.7 Å². The summed E-state index contributed by atoms with van der Waals surface area (Å²) in [5.74, 6) is 0.772. The van der Waals surface area contributed by atoms with E-state index in [1.807, 2.05) is 13.8 Å². The Morgan fingerprint density at radius 1 is 0.426 bits per heavy atom. The van der Waals surface area contributed by atoms with Gasteiger partial charge >= 0.3 is 17.7 Å². The number of benzene rings is 5. The van der Waals surface area contributed by atoms with Crippen LogP contribution in [0.25, 0.3) is 136 Å². The number of phenolic OH excluding ortho intramolecular Hbond substituents is 1. The largest absolute Gasteiger partial charge is 0.507 e. The summed E-state index contributed by atoms with van der Waals surface area (Å²) in [6.07, 6.45) is 6.89. The highest BCUT2D eigenvalue weighted by molar-refractivity contribution is 5.80. The second kappa shape index (κ2) is 31.2. The van der Waals surface area contributed by atoms with E-state index in [4.69, 9.17) is 24.8 Å². The summed E-state index contributed by atoms with van der Waals surface area (Å²) in [7, 11) is 0. The lowest BCUT2D eigenvalue weighted by atomic mass is 10.1. The topological polar surface area (TPSA) is 619 Å². The van der Waals surface area contributed by atoms with E-state index in [1.165, 1.54) is 37.7 Å². The lowest BCUT2D eigenvalue weighted by Crippen LogP contribution is -2.10. The third-order valence-electron chi connectivity index (χ3n) is 15.5. The average molecular weight is 1460 g/mol. The lowest BCUT2D eigenvalue weighted by Gasteiger charge is -2.11. The minimum absolute atomic E-state index is 0.0113. The number of carboxylic acid groups (broad SMARTS) is 2. The van der Waals surface area contributed by atoms with E-state index in [0.29, 0.717) is 143 Å². The number of aliphatic hydroxyl groups excluding tert-OH is 1. The van der Waals surface area contributed by atoms with Crippen LogP contribution in [0.5, 0.6) is 17.2 Å². The van der Waals surface area contributed by atoms with Crippen molar-refractivity contribution in [2.24, 2.45) is 0 Å². The van der Waals surface area contributed by atoms with Gasteiger partial charge in [0.1, 0.15) is 46.4 Å². The van der Waals surface area contributed by atoms with Crippen LogP contribution in [0.3, 0.4) is 0 Å². The maximum atomic E-state index is 12.1. The van der Waals surface area contributed by atoms with E-state index in [2.05, 4.69) is 135 Å². The Hall–Kier alpha value is -15.8. The molecule has 0 aliphatic heterocycles. The van der Waals surface area contributed by atoms with Crippen LogP contribution in [0.2, 0.25) is 0 Å². The highest BCUT2D eigenvalue weighted by atomic mass is 16.5. The molecule has 0 fully saturated rings. The standard InChI is InChI=1S/C15H12N6O4.C15H14N4O4.C13H10N4O3.C12H8N8O2.C12H10N4O2/c1-2-24-9-5-7(11-20-15(23)25-21-11)3-4-8(9)12-18-13-10(14(22)19-12)16-6-17-13;1-2-23-10-5-8(6-11(20)21)3-4-9(10)13-18-14-12(15(22)19-13)16-7-17-14;18-9(19)5-7-1-3-8(4-2-7)11-16-12-10(13(20)17-11)14-6-15-12;21-7-3-5(9-17-19-20-18-9)1-2-6(7)10-15-11-8(12(22)16-10)13-4-14-11;17-5-7-1-3-8(4-2-7)10-15-11-9(12(18)16-10)13-6-14-11/h3-6H,2H2,1H3,(H,20,21,23)(H2,16,17,18,19,22);3-5,7H,2,6H2,1H3,(H,20,21)(H2,16,17,18,19,22);1-4,6H,5H2,(H,18,19)(H2,14,15,16,17,20);1-4,21H,(H,17,18,19,20)(H2,13,14,15,16,22);1-4,6,17H,5H2,(H2,13,14,15,16,18). The third-order valence-corrected chi connectivity index (χ3v) is 15.5. The molecule has 0 unspecified atom stereocenters. The molecule has 0 aliphatic carbocycles. The first-order valence-electron chi connectivity index (χ1n) is 31.9. The van der Waals surface area contributed by atoms with Crippen LogP contribution in [0.4, 0.5) is 0 Å². The first-order chi connectivity index (χ1) is 52.4. The molecule has 17 aromatic rings. The van der Waals surface area contributed by atoms with Gasteiger partial charge in [-0.3, -0.25) is 43.1 Å². The van der Waals surface area contributed by atoms with Crippen LogP contribution < -0.4 is 43.0 Å². The highest BCUT2D eigenvalue weighted by Crippen LogP contribution is 2.34. The van der Waals surface area contributed by atoms with E-state index in [9.17, 15) is 43.5 Å². The first-order valence-corrected chi connectivity index (χ1v) is 31.9. The summed E-state index contributed by atoms with van der Waals surface area (Å²) in [5.41, 5.74) is 7.91. The van der Waals surface area contributed by atoms with Gasteiger partial charge in [0.25, 0.3) is 27.8 Å². The molecule has 17 rings (SSSR count). The Morgan fingerprint density at radius 2 is 0.806 bits per heavy atom. The van der Waals surface area contributed by atoms with E-state index in [-0.39, 0.29) is 75.8 Å². The van der Waals surface area contributed by atoms with Crippen LogP contribution in [0.15, 0.2) is 168 Å². The van der Waals surface area contributed by atoms with Gasteiger partial charge in [0, 0.05) is 22.3 Å². The molecule has 0 bridgehead atoms. The molecule has 0 saturated heterocycles. The number of phenols is 1. The molecule has 0 aliphatic rings. The van der Waals surface area contributed by atoms with Crippen molar-refractivity contribution in [2.45, 2.75) is 33.3 Å². The third kappa shape index (κ3) is 15.8. The number of aliphatic hydroxyl groups is 1. The normalized spacial score (nSPS) is 11.0. The number of aromatic amines is 12. The number of aromatic hydroxyl groups is 1. The second-order valence-electron chi connectivity index (χ2n) is 22.6. The molecule has 12 aromatic heterocycles. The van der Waals surface area contributed by atoms with Gasteiger partial charge in [0.15, 0.2) is 61.6 Å². The Labute approximate surface area is 597 Å². The van der Waals surface area contributed by atoms with Gasteiger partial charge in [0.2, 0.25) is 5.82 Å². The molecular formula is C67H54N26O15. The SMILES string of the molecule is CCOc1cc(-c2noc(=O)[nH]2)ccc1-c1nc2nc[nH]c2c(=O)[nH]1.CCOc1cc(CC(=O)O)ccc1-c1nc2nc[nH]c2c(=O)[nH]1.O=C(O)Cc1ccc(-c2nc3nc[nH]c3c(=O)[nH]2)cc1.O=c1[nH]c(-c2ccc(-c3nn[nH]n3)cc2O)nc2nc[nH]c12.O=c1[nH]c(-c2ccc(CO)cc2)nc2nc[nH]c12. The van der Waals surface area contributed by atoms with Gasteiger partial charge in [-0.15, -0.1) is 10.2 Å². The van der Waals surface area contributed by atoms with Crippen molar-refractivity contribution >= 4 is 67.8 Å². The number of carboxylic acids is 2. The molecule has 108 heavy (non-hydrogen) atoms. The number of hydrogen-bond acceptors (Lipinski definition) is 27. The Bertz CT molecular complexity index is 6500. The molecule has 0 radical (unpaired) electrons. The van der Waals surface area contributed by atoms with Crippen molar-refractivity contribution in [3.63, 3.8) is 0 Å². The minimum Gasteiger partial charge on any atom is -0.507 e. The molecule has 41 nitrogen and oxygen atoms in total. The van der Waals surface area contributed by atoms with Crippen molar-refractivity contribution in [1.29, 1.82) is 0 Å². The molecule has 12 heterocycles. The maximum absolute atomic E-state index is 12.1. The predicted molar refractivity (Wildman–Crippen MR) is 382 cm³/mol. The summed E-state index contributed by atoms with van der Waals surface area (Å²) in [4.78, 5) is 163. The minimum atomic E-state index is -0.926. The zero-order valence-electron chi connectivity index (χ0n) is 55.8. The number of tetrazole rings is 1. The van der Waals surface area contributed by atoms with Crippen LogP contribution in [0, 0.1) is 0 Å². The number of nitrogens with zero attached hydrogens (tertiary/aromatic N) is 14. The van der Waals surface area contributed by atoms with Crippen LogP contribution in [0.1, 0.15) is 30.5 Å². The van der Waals surface area contributed by atoms with Crippen LogP contribution in [-0.4, -0.2) is 176 Å². The monoisotopic (exact) mass is 1460 g/mol. The molecule has 41 heteroatoms. The van der Waals surface area contributed by atoms with Crippen molar-refractivity contribution in [1.82, 2.24) is 130 Å². The quantitative estimate of drug-likeness (QED) is 0.0639. The highest BCUT2D eigenvalue weighted by Gasteiger charge is 2.19. The Morgan fingerprint density at radius 3 is 1.21 bits per heavy atom. The average Bonchev–Trinajstić information content (AvgIpc) is 0.998. The summed E-state index contributed by atoms with van der Waals surface area (Å²) in [6.45, 7) is 4.45. The molecular weight excluding hydrogens is 1410 g/mol. The number of ether oxygens (including phenoxy) is 2. The molecule has 0 amide bonds. The number of carbonyl (C=O) groups is 2. The fourth-order valence-electron chi connectivity index (χ4n) is 10.6. The molecule has 0 atom stereocenters. The Kier molecular flexibility index (Phi) is 20.4. The fourth-order valence-corrected chi connectivity index (χ4v) is 10.6. The van der Waals surface area contributed by atoms with E-state index in [0.717, 1.165) is 11.1 Å². The number of hydrogen-bond donors (Lipinski definition) is 16. The van der Waals surface area contributed by atoms with Gasteiger partial charge in [-0.1, -0.05) is 71.9 Å². The zero-order chi connectivity index (χ0) is 75.5. The van der Waals surface area contributed by atoms with Gasteiger partial charge in [-0.05, 0) is 72.1 Å². The van der Waals surface area contributed by atoms with Crippen molar-refractivity contribution in [2.75, 3.05) is 13.2 Å². The van der Waals surface area contributed by atoms with Crippen LogP contribution in [-0.2, 0) is 29.0 Å². The molecule has 542 valence electrons. The first kappa shape index (κ1) is 70.6. The van der Waals surface area contributed by atoms with Crippen molar-refractivity contribution in [3.8, 4) is 97.0 Å². The summed E-state index contributed by atoms with van der Waals surface area (Å²) in [6, 6.07) is 28.8. The lowest BCUT2D eigenvalue weighted by molar-refractivity contribution is -0.137. The molecule has 0 spiro atoms. The predicted octanol–water partition coefficient (Wildman–Crippen LogP) is 4.34.